The highest BCUT2D eigenvalue weighted by Gasteiger charge is 2.19. The molecule has 0 unspecified atom stereocenters. The van der Waals surface area contributed by atoms with Gasteiger partial charge < -0.3 is 25.0 Å². The SMILES string of the molecule is COc1nc2c(cc1Nc1ncc3cccc(NCC4CCOCC4)c3n1)CN(C)CC2. The highest BCUT2D eigenvalue weighted by Crippen LogP contribution is 2.31. The topological polar surface area (TPSA) is 84.4 Å². The number of likely N-dealkylation sites (N-methyl/N-ethyl adjacent to an activating group) is 1. The number of rotatable bonds is 6. The van der Waals surface area contributed by atoms with E-state index in [1.54, 1.807) is 7.11 Å². The summed E-state index contributed by atoms with van der Waals surface area (Å²) in [5.74, 6) is 1.73. The number of para-hydroxylation sites is 1. The molecule has 0 amide bonds. The molecular formula is C24H30N6O2. The number of fused-ring (bicyclic) bond motifs is 2. The minimum atomic E-state index is 0.530. The molecule has 8 nitrogen and oxygen atoms in total. The van der Waals surface area contributed by atoms with Crippen molar-refractivity contribution in [3.05, 3.63) is 41.7 Å². The predicted molar refractivity (Wildman–Crippen MR) is 126 cm³/mol. The number of nitrogens with one attached hydrogen (secondary N) is 2. The van der Waals surface area contributed by atoms with E-state index in [0.29, 0.717) is 17.7 Å². The molecule has 2 aliphatic rings. The van der Waals surface area contributed by atoms with Crippen molar-refractivity contribution >= 4 is 28.2 Å². The lowest BCUT2D eigenvalue weighted by molar-refractivity contribution is 0.0699. The summed E-state index contributed by atoms with van der Waals surface area (Å²) in [5.41, 5.74) is 5.03. The molecule has 1 fully saturated rings. The van der Waals surface area contributed by atoms with Crippen LogP contribution >= 0.6 is 0 Å². The van der Waals surface area contributed by atoms with Crippen molar-refractivity contribution in [1.82, 2.24) is 19.9 Å². The average molecular weight is 435 g/mol. The molecule has 0 radical (unpaired) electrons. The van der Waals surface area contributed by atoms with Crippen molar-refractivity contribution in [2.24, 2.45) is 5.92 Å². The molecule has 2 aliphatic heterocycles. The van der Waals surface area contributed by atoms with Crippen LogP contribution in [0.3, 0.4) is 0 Å². The Kier molecular flexibility index (Phi) is 6.05. The van der Waals surface area contributed by atoms with Crippen LogP contribution in [0.4, 0.5) is 17.3 Å². The molecule has 168 valence electrons. The molecule has 32 heavy (non-hydrogen) atoms. The molecule has 0 bridgehead atoms. The number of aromatic nitrogens is 3. The first-order valence-electron chi connectivity index (χ1n) is 11.3. The molecule has 2 N–H and O–H groups in total. The van der Waals surface area contributed by atoms with Crippen LogP contribution in [0.25, 0.3) is 10.9 Å². The molecule has 0 spiro atoms. The van der Waals surface area contributed by atoms with Crippen molar-refractivity contribution in [1.29, 1.82) is 0 Å². The second-order valence-electron chi connectivity index (χ2n) is 8.64. The van der Waals surface area contributed by atoms with Gasteiger partial charge in [-0.1, -0.05) is 12.1 Å². The molecule has 1 saturated heterocycles. The van der Waals surface area contributed by atoms with Crippen LogP contribution in [-0.4, -0.2) is 60.3 Å². The zero-order valence-corrected chi connectivity index (χ0v) is 18.7. The van der Waals surface area contributed by atoms with Crippen LogP contribution in [0.2, 0.25) is 0 Å². The predicted octanol–water partition coefficient (Wildman–Crippen LogP) is 3.60. The fraction of sp³-hybridized carbons (Fsp3) is 0.458. The van der Waals surface area contributed by atoms with E-state index in [2.05, 4.69) is 39.7 Å². The zero-order chi connectivity index (χ0) is 21.9. The number of hydrogen-bond donors (Lipinski definition) is 2. The van der Waals surface area contributed by atoms with Gasteiger partial charge in [-0.3, -0.25) is 0 Å². The summed E-state index contributed by atoms with van der Waals surface area (Å²) in [6.07, 6.45) is 4.98. The van der Waals surface area contributed by atoms with E-state index in [-0.39, 0.29) is 0 Å². The summed E-state index contributed by atoms with van der Waals surface area (Å²) in [6.45, 7) is 4.51. The number of pyridine rings is 1. The Morgan fingerprint density at radius 3 is 2.91 bits per heavy atom. The lowest BCUT2D eigenvalue weighted by Gasteiger charge is -2.25. The van der Waals surface area contributed by atoms with Crippen molar-refractivity contribution in [3.8, 4) is 5.88 Å². The summed E-state index contributed by atoms with van der Waals surface area (Å²) < 4.78 is 11.0. The Hall–Kier alpha value is -2.97. The van der Waals surface area contributed by atoms with E-state index in [1.807, 2.05) is 18.3 Å². The maximum Gasteiger partial charge on any atom is 0.237 e. The van der Waals surface area contributed by atoms with Crippen LogP contribution in [0, 0.1) is 5.92 Å². The summed E-state index contributed by atoms with van der Waals surface area (Å²) >= 11 is 0. The summed E-state index contributed by atoms with van der Waals surface area (Å²) in [7, 11) is 3.77. The van der Waals surface area contributed by atoms with E-state index in [1.165, 1.54) is 5.56 Å². The van der Waals surface area contributed by atoms with Crippen molar-refractivity contribution < 1.29 is 9.47 Å². The van der Waals surface area contributed by atoms with Gasteiger partial charge in [-0.25, -0.2) is 15.0 Å². The van der Waals surface area contributed by atoms with Crippen molar-refractivity contribution in [2.45, 2.75) is 25.8 Å². The fourth-order valence-corrected chi connectivity index (χ4v) is 4.42. The number of nitrogens with zero attached hydrogens (tertiary/aromatic N) is 4. The van der Waals surface area contributed by atoms with E-state index in [0.717, 1.165) is 80.1 Å². The van der Waals surface area contributed by atoms with E-state index in [9.17, 15) is 0 Å². The van der Waals surface area contributed by atoms with Gasteiger partial charge in [0, 0.05) is 50.9 Å². The largest absolute Gasteiger partial charge is 0.480 e. The third-order valence-electron chi connectivity index (χ3n) is 6.30. The Labute approximate surface area is 188 Å². The third kappa shape index (κ3) is 4.47. The van der Waals surface area contributed by atoms with Gasteiger partial charge in [-0.15, -0.1) is 0 Å². The van der Waals surface area contributed by atoms with Crippen LogP contribution in [0.5, 0.6) is 5.88 Å². The molecule has 0 saturated carbocycles. The molecule has 0 aliphatic carbocycles. The monoisotopic (exact) mass is 434 g/mol. The lowest BCUT2D eigenvalue weighted by Crippen LogP contribution is -2.27. The average Bonchev–Trinajstić information content (AvgIpc) is 2.83. The number of anilines is 3. The van der Waals surface area contributed by atoms with Crippen molar-refractivity contribution in [2.75, 3.05) is 51.1 Å². The first-order valence-corrected chi connectivity index (χ1v) is 11.3. The standard InChI is InChI=1S/C24H30N6O2/c1-30-9-6-19-18(15-30)12-21(23(27-19)31-2)28-24-26-14-17-4-3-5-20(22(17)29-24)25-13-16-7-10-32-11-8-16/h3-5,12,14,16,25H,6-11,13,15H2,1-2H3,(H,26,28,29). The Bertz CT molecular complexity index is 1100. The van der Waals surface area contributed by atoms with E-state index in [4.69, 9.17) is 19.4 Å². The van der Waals surface area contributed by atoms with Gasteiger partial charge in [0.1, 0.15) is 5.69 Å². The van der Waals surface area contributed by atoms with Gasteiger partial charge in [0.25, 0.3) is 0 Å². The Balaban J connectivity index is 1.40. The quantitative estimate of drug-likeness (QED) is 0.609. The molecule has 3 aromatic rings. The van der Waals surface area contributed by atoms with E-state index >= 15 is 0 Å². The van der Waals surface area contributed by atoms with Gasteiger partial charge >= 0.3 is 0 Å². The third-order valence-corrected chi connectivity index (χ3v) is 6.30. The summed E-state index contributed by atoms with van der Waals surface area (Å²) in [5, 5.41) is 7.95. The van der Waals surface area contributed by atoms with Crippen LogP contribution in [-0.2, 0) is 17.7 Å². The first kappa shape index (κ1) is 20.9. The molecule has 2 aromatic heterocycles. The minimum Gasteiger partial charge on any atom is -0.480 e. The maximum absolute atomic E-state index is 5.56. The second kappa shape index (κ2) is 9.26. The smallest absolute Gasteiger partial charge is 0.237 e. The highest BCUT2D eigenvalue weighted by atomic mass is 16.5. The van der Waals surface area contributed by atoms with Crippen LogP contribution in [0.1, 0.15) is 24.1 Å². The van der Waals surface area contributed by atoms with Crippen LogP contribution < -0.4 is 15.4 Å². The molecule has 8 heteroatoms. The van der Waals surface area contributed by atoms with Gasteiger partial charge in [0.15, 0.2) is 0 Å². The first-order chi connectivity index (χ1) is 15.7. The molecule has 5 rings (SSSR count). The number of hydrogen-bond acceptors (Lipinski definition) is 8. The number of methoxy groups -OCH3 is 1. The zero-order valence-electron chi connectivity index (χ0n) is 18.7. The molecule has 1 aromatic carbocycles. The highest BCUT2D eigenvalue weighted by molar-refractivity contribution is 5.90. The molecular weight excluding hydrogens is 404 g/mol. The Morgan fingerprint density at radius 2 is 2.06 bits per heavy atom. The Morgan fingerprint density at radius 1 is 1.19 bits per heavy atom. The van der Waals surface area contributed by atoms with Crippen molar-refractivity contribution in [3.63, 3.8) is 0 Å². The fourth-order valence-electron chi connectivity index (χ4n) is 4.42. The number of benzene rings is 1. The molecule has 0 atom stereocenters. The summed E-state index contributed by atoms with van der Waals surface area (Å²) in [6, 6.07) is 8.27. The maximum atomic E-state index is 5.56. The second-order valence-corrected chi connectivity index (χ2v) is 8.64. The van der Waals surface area contributed by atoms with Gasteiger partial charge in [-0.05, 0) is 43.5 Å². The van der Waals surface area contributed by atoms with Gasteiger partial charge in [0.2, 0.25) is 11.8 Å². The minimum absolute atomic E-state index is 0.530. The van der Waals surface area contributed by atoms with Gasteiger partial charge in [0.05, 0.1) is 24.0 Å². The normalized spacial score (nSPS) is 17.2. The van der Waals surface area contributed by atoms with Gasteiger partial charge in [-0.2, -0.15) is 0 Å². The van der Waals surface area contributed by atoms with E-state index < -0.39 is 0 Å². The lowest BCUT2D eigenvalue weighted by atomic mass is 10.0. The summed E-state index contributed by atoms with van der Waals surface area (Å²) in [4.78, 5) is 16.4. The molecule has 4 heterocycles. The number of ether oxygens (including phenoxy) is 2. The van der Waals surface area contributed by atoms with Crippen LogP contribution in [0.15, 0.2) is 30.5 Å².